The molecular weight excluding hydrogens is 246 g/mol. The summed E-state index contributed by atoms with van der Waals surface area (Å²) in [6.45, 7) is 0.270. The molecule has 0 aromatic carbocycles. The molecular formula is C13H19N3O3. The number of hydrogen-bond acceptors (Lipinski definition) is 4. The average molecular weight is 265 g/mol. The number of aromatic nitrogens is 2. The second kappa shape index (κ2) is 6.47. The van der Waals surface area contributed by atoms with Crippen molar-refractivity contribution in [3.63, 3.8) is 0 Å². The highest BCUT2D eigenvalue weighted by Crippen LogP contribution is 2.23. The first-order valence-corrected chi connectivity index (χ1v) is 6.64. The van der Waals surface area contributed by atoms with Crippen LogP contribution in [0.25, 0.3) is 0 Å². The third-order valence-corrected chi connectivity index (χ3v) is 3.52. The summed E-state index contributed by atoms with van der Waals surface area (Å²) < 4.78 is 1.29. The summed E-state index contributed by atoms with van der Waals surface area (Å²) in [4.78, 5) is 29.1. The molecule has 0 bridgehead atoms. The van der Waals surface area contributed by atoms with Crippen molar-refractivity contribution in [1.82, 2.24) is 14.5 Å². The molecule has 6 nitrogen and oxygen atoms in total. The van der Waals surface area contributed by atoms with Crippen LogP contribution in [0.5, 0.6) is 0 Å². The van der Waals surface area contributed by atoms with E-state index in [0.717, 1.165) is 25.7 Å². The van der Waals surface area contributed by atoms with Crippen LogP contribution in [0, 0.1) is 0 Å². The number of carbonyl (C=O) groups is 1. The van der Waals surface area contributed by atoms with Crippen LogP contribution in [0.15, 0.2) is 23.3 Å². The van der Waals surface area contributed by atoms with E-state index in [9.17, 15) is 9.59 Å². The maximum absolute atomic E-state index is 12.3. The zero-order valence-corrected chi connectivity index (χ0v) is 10.9. The van der Waals surface area contributed by atoms with E-state index in [2.05, 4.69) is 4.98 Å². The molecule has 1 aromatic heterocycles. The van der Waals surface area contributed by atoms with Gasteiger partial charge in [0, 0.05) is 25.0 Å². The fourth-order valence-corrected chi connectivity index (χ4v) is 2.58. The van der Waals surface area contributed by atoms with Crippen molar-refractivity contribution in [2.75, 3.05) is 13.2 Å². The molecule has 0 aliphatic heterocycles. The lowest BCUT2D eigenvalue weighted by atomic mass is 10.2. The van der Waals surface area contributed by atoms with Crippen LogP contribution in [0.2, 0.25) is 0 Å². The van der Waals surface area contributed by atoms with Crippen molar-refractivity contribution in [1.29, 1.82) is 0 Å². The summed E-state index contributed by atoms with van der Waals surface area (Å²) in [7, 11) is 0. The Labute approximate surface area is 111 Å². The highest BCUT2D eigenvalue weighted by molar-refractivity contribution is 5.76. The maximum atomic E-state index is 12.3. The van der Waals surface area contributed by atoms with Crippen molar-refractivity contribution in [2.24, 2.45) is 0 Å². The maximum Gasteiger partial charge on any atom is 0.347 e. The lowest BCUT2D eigenvalue weighted by molar-refractivity contribution is -0.134. The van der Waals surface area contributed by atoms with Crippen LogP contribution >= 0.6 is 0 Å². The molecule has 1 N–H and O–H groups in total. The average Bonchev–Trinajstić information content (AvgIpc) is 2.92. The Bertz CT molecular complexity index is 480. The van der Waals surface area contributed by atoms with Gasteiger partial charge in [-0.15, -0.1) is 0 Å². The highest BCUT2D eigenvalue weighted by atomic mass is 16.3. The number of carbonyl (C=O) groups excluding carboxylic acids is 1. The third-order valence-electron chi connectivity index (χ3n) is 3.52. The fourth-order valence-electron chi connectivity index (χ4n) is 2.58. The summed E-state index contributed by atoms with van der Waals surface area (Å²) in [6, 6.07) is 1.83. The Hall–Kier alpha value is -1.69. The Morgan fingerprint density at radius 3 is 2.84 bits per heavy atom. The molecule has 1 heterocycles. The molecule has 19 heavy (non-hydrogen) atoms. The molecule has 0 radical (unpaired) electrons. The van der Waals surface area contributed by atoms with E-state index in [4.69, 9.17) is 5.11 Å². The second-order valence-corrected chi connectivity index (χ2v) is 4.78. The normalized spacial score (nSPS) is 15.6. The van der Waals surface area contributed by atoms with Gasteiger partial charge in [0.2, 0.25) is 5.91 Å². The van der Waals surface area contributed by atoms with E-state index in [1.54, 1.807) is 17.2 Å². The topological polar surface area (TPSA) is 75.4 Å². The SMILES string of the molecule is O=C(Cn1cccnc1=O)N(CCO)C1CCCC1. The van der Waals surface area contributed by atoms with Gasteiger partial charge in [-0.05, 0) is 18.9 Å². The summed E-state index contributed by atoms with van der Waals surface area (Å²) in [5.74, 6) is -0.129. The lowest BCUT2D eigenvalue weighted by Crippen LogP contribution is -2.43. The molecule has 6 heteroatoms. The molecule has 2 rings (SSSR count). The Morgan fingerprint density at radius 2 is 2.21 bits per heavy atom. The van der Waals surface area contributed by atoms with Crippen LogP contribution in [0.4, 0.5) is 0 Å². The molecule has 0 unspecified atom stereocenters. The zero-order chi connectivity index (χ0) is 13.7. The second-order valence-electron chi connectivity index (χ2n) is 4.78. The quantitative estimate of drug-likeness (QED) is 0.813. The van der Waals surface area contributed by atoms with E-state index in [1.807, 2.05) is 0 Å². The molecule has 0 saturated heterocycles. The first-order valence-electron chi connectivity index (χ1n) is 6.64. The van der Waals surface area contributed by atoms with Crippen molar-refractivity contribution in [2.45, 2.75) is 38.3 Å². The first-order chi connectivity index (χ1) is 9.22. The lowest BCUT2D eigenvalue weighted by Gasteiger charge is -2.28. The third kappa shape index (κ3) is 3.41. The van der Waals surface area contributed by atoms with Gasteiger partial charge in [-0.2, -0.15) is 0 Å². The zero-order valence-electron chi connectivity index (χ0n) is 10.9. The number of aliphatic hydroxyl groups is 1. The molecule has 0 atom stereocenters. The van der Waals surface area contributed by atoms with Gasteiger partial charge >= 0.3 is 5.69 Å². The van der Waals surface area contributed by atoms with Crippen LogP contribution in [-0.2, 0) is 11.3 Å². The molecule has 1 amide bonds. The number of hydrogen-bond donors (Lipinski definition) is 1. The summed E-state index contributed by atoms with van der Waals surface area (Å²) in [5, 5.41) is 9.09. The van der Waals surface area contributed by atoms with E-state index in [1.165, 1.54) is 10.8 Å². The minimum atomic E-state index is -0.425. The molecule has 1 saturated carbocycles. The number of nitrogens with zero attached hydrogens (tertiary/aromatic N) is 3. The van der Waals surface area contributed by atoms with Crippen LogP contribution < -0.4 is 5.69 Å². The number of aliphatic hydroxyl groups excluding tert-OH is 1. The van der Waals surface area contributed by atoms with Gasteiger partial charge in [0.1, 0.15) is 6.54 Å². The first kappa shape index (κ1) is 13.7. The van der Waals surface area contributed by atoms with E-state index >= 15 is 0 Å². The number of amides is 1. The summed E-state index contributed by atoms with van der Waals surface area (Å²) in [5.41, 5.74) is -0.425. The molecule has 104 valence electrons. The molecule has 0 spiro atoms. The van der Waals surface area contributed by atoms with E-state index in [-0.39, 0.29) is 25.1 Å². The van der Waals surface area contributed by atoms with Gasteiger partial charge < -0.3 is 10.0 Å². The standard InChI is InChI=1S/C13H19N3O3/c17-9-8-16(11-4-1-2-5-11)12(18)10-15-7-3-6-14-13(15)19/h3,6-7,11,17H,1-2,4-5,8-10H2. The van der Waals surface area contributed by atoms with E-state index in [0.29, 0.717) is 6.54 Å². The number of rotatable bonds is 5. The van der Waals surface area contributed by atoms with Gasteiger partial charge in [0.25, 0.3) is 0 Å². The highest BCUT2D eigenvalue weighted by Gasteiger charge is 2.26. The van der Waals surface area contributed by atoms with Crippen molar-refractivity contribution >= 4 is 5.91 Å². The van der Waals surface area contributed by atoms with Gasteiger partial charge in [-0.1, -0.05) is 12.8 Å². The van der Waals surface area contributed by atoms with Crippen LogP contribution in [0.3, 0.4) is 0 Å². The Balaban J connectivity index is 2.07. The largest absolute Gasteiger partial charge is 0.395 e. The molecule has 1 aliphatic carbocycles. The Morgan fingerprint density at radius 1 is 1.47 bits per heavy atom. The van der Waals surface area contributed by atoms with Crippen LogP contribution in [-0.4, -0.2) is 44.7 Å². The summed E-state index contributed by atoms with van der Waals surface area (Å²) >= 11 is 0. The predicted molar refractivity (Wildman–Crippen MR) is 69.6 cm³/mol. The molecule has 1 fully saturated rings. The fraction of sp³-hybridized carbons (Fsp3) is 0.615. The van der Waals surface area contributed by atoms with Crippen molar-refractivity contribution in [3.8, 4) is 0 Å². The van der Waals surface area contributed by atoms with E-state index < -0.39 is 5.69 Å². The van der Waals surface area contributed by atoms with Gasteiger partial charge in [0.05, 0.1) is 6.61 Å². The Kier molecular flexibility index (Phi) is 4.68. The summed E-state index contributed by atoms with van der Waals surface area (Å²) in [6.07, 6.45) is 7.16. The smallest absolute Gasteiger partial charge is 0.347 e. The predicted octanol–water partition coefficient (Wildman–Crippen LogP) is 0.00680. The molecule has 1 aromatic rings. The van der Waals surface area contributed by atoms with Gasteiger partial charge in [-0.25, -0.2) is 9.78 Å². The minimum absolute atomic E-state index is 0.0107. The van der Waals surface area contributed by atoms with Crippen LogP contribution in [0.1, 0.15) is 25.7 Å². The molecule has 1 aliphatic rings. The van der Waals surface area contributed by atoms with Gasteiger partial charge in [-0.3, -0.25) is 9.36 Å². The van der Waals surface area contributed by atoms with Gasteiger partial charge in [0.15, 0.2) is 0 Å². The monoisotopic (exact) mass is 265 g/mol. The van der Waals surface area contributed by atoms with Crippen molar-refractivity contribution in [3.05, 3.63) is 28.9 Å². The van der Waals surface area contributed by atoms with Crippen molar-refractivity contribution < 1.29 is 9.90 Å². The minimum Gasteiger partial charge on any atom is -0.395 e.